The Kier molecular flexibility index (Phi) is 6.85. The third-order valence-electron chi connectivity index (χ3n) is 6.09. The van der Waals surface area contributed by atoms with Gasteiger partial charge < -0.3 is 4.74 Å². The highest BCUT2D eigenvalue weighted by atomic mass is 32.1. The number of thiazole rings is 1. The number of fused-ring (bicyclic) bond motifs is 1. The Bertz CT molecular complexity index is 1590. The minimum atomic E-state index is -0.610. The Hall–Kier alpha value is -3.55. The van der Waals surface area contributed by atoms with Crippen molar-refractivity contribution < 1.29 is 9.53 Å². The number of esters is 1. The van der Waals surface area contributed by atoms with E-state index in [0.717, 1.165) is 16.0 Å². The summed E-state index contributed by atoms with van der Waals surface area (Å²) in [5, 5.41) is 1.95. The van der Waals surface area contributed by atoms with Crippen molar-refractivity contribution in [2.45, 2.75) is 32.7 Å². The molecular weight excluding hydrogens is 488 g/mol. The highest BCUT2D eigenvalue weighted by molar-refractivity contribution is 7.10. The molecule has 0 fully saturated rings. The molecule has 2 aromatic heterocycles. The van der Waals surface area contributed by atoms with Gasteiger partial charge in [0, 0.05) is 10.4 Å². The summed E-state index contributed by atoms with van der Waals surface area (Å²) < 4.78 is 7.69. The molecule has 36 heavy (non-hydrogen) atoms. The number of nitrogens with zero attached hydrogens (tertiary/aromatic N) is 2. The molecule has 0 amide bonds. The third kappa shape index (κ3) is 4.52. The van der Waals surface area contributed by atoms with Crippen molar-refractivity contribution in [3.63, 3.8) is 0 Å². The highest BCUT2D eigenvalue weighted by Crippen LogP contribution is 2.36. The molecule has 0 N–H and O–H groups in total. The van der Waals surface area contributed by atoms with Crippen LogP contribution in [0.4, 0.5) is 0 Å². The summed E-state index contributed by atoms with van der Waals surface area (Å²) in [5.74, 6) is -0.0232. The van der Waals surface area contributed by atoms with E-state index in [0.29, 0.717) is 26.5 Å². The van der Waals surface area contributed by atoms with Crippen LogP contribution in [-0.2, 0) is 9.53 Å². The van der Waals surface area contributed by atoms with E-state index >= 15 is 0 Å². The molecule has 5 rings (SSSR count). The van der Waals surface area contributed by atoms with Gasteiger partial charge >= 0.3 is 5.97 Å². The smallest absolute Gasteiger partial charge is 0.338 e. The van der Waals surface area contributed by atoms with Gasteiger partial charge in [-0.05, 0) is 41.5 Å². The summed E-state index contributed by atoms with van der Waals surface area (Å²) in [4.78, 5) is 33.4. The fourth-order valence-corrected chi connectivity index (χ4v) is 6.11. The lowest BCUT2D eigenvalue weighted by Crippen LogP contribution is -2.39. The summed E-state index contributed by atoms with van der Waals surface area (Å²) in [5.41, 5.74) is 3.76. The van der Waals surface area contributed by atoms with E-state index in [-0.39, 0.29) is 12.2 Å². The average Bonchev–Trinajstić information content (AvgIpc) is 3.52. The number of carbonyl (C=O) groups is 1. The Morgan fingerprint density at radius 1 is 1.08 bits per heavy atom. The molecule has 0 saturated heterocycles. The lowest BCUT2D eigenvalue weighted by Gasteiger charge is -2.24. The van der Waals surface area contributed by atoms with Crippen molar-refractivity contribution in [2.75, 3.05) is 6.61 Å². The first-order valence-electron chi connectivity index (χ1n) is 11.9. The Morgan fingerprint density at radius 3 is 2.47 bits per heavy atom. The van der Waals surface area contributed by atoms with E-state index in [9.17, 15) is 9.59 Å². The van der Waals surface area contributed by atoms with E-state index in [4.69, 9.17) is 9.73 Å². The second kappa shape index (κ2) is 10.2. The first kappa shape index (κ1) is 24.2. The first-order chi connectivity index (χ1) is 17.5. The third-order valence-corrected chi connectivity index (χ3v) is 7.99. The topological polar surface area (TPSA) is 60.7 Å². The number of carbonyl (C=O) groups excluding carboxylic acids is 1. The van der Waals surface area contributed by atoms with Gasteiger partial charge in [-0.1, -0.05) is 85.8 Å². The molecule has 0 unspecified atom stereocenters. The van der Waals surface area contributed by atoms with Crippen LogP contribution in [0.25, 0.3) is 11.8 Å². The molecule has 0 spiro atoms. The summed E-state index contributed by atoms with van der Waals surface area (Å²) >= 11 is 2.85. The van der Waals surface area contributed by atoms with Crippen LogP contribution in [0.2, 0.25) is 0 Å². The second-order valence-corrected chi connectivity index (χ2v) is 10.8. The van der Waals surface area contributed by atoms with Crippen LogP contribution in [0.5, 0.6) is 0 Å². The monoisotopic (exact) mass is 514 g/mol. The van der Waals surface area contributed by atoms with Crippen LogP contribution >= 0.6 is 22.7 Å². The number of rotatable bonds is 6. The number of thiophene rings is 1. The molecule has 3 heterocycles. The molecule has 0 bridgehead atoms. The predicted octanol–water partition coefficient (Wildman–Crippen LogP) is 5.12. The fraction of sp³-hybridized carbons (Fsp3) is 0.207. The van der Waals surface area contributed by atoms with Crippen molar-refractivity contribution in [3.05, 3.63) is 119 Å². The maximum atomic E-state index is 13.8. The number of benzene rings is 2. The molecule has 0 saturated carbocycles. The SMILES string of the molecule is CCOC(=O)C1=C(c2ccccc2)N=c2sc(=Cc3ccc(C(C)C)cc3)c(=O)n2[C@H]1c1cccs1. The van der Waals surface area contributed by atoms with Gasteiger partial charge in [0.2, 0.25) is 0 Å². The van der Waals surface area contributed by atoms with Crippen molar-refractivity contribution >= 4 is 40.4 Å². The number of hydrogen-bond donors (Lipinski definition) is 0. The van der Waals surface area contributed by atoms with Crippen molar-refractivity contribution in [3.8, 4) is 0 Å². The molecular formula is C29H26N2O3S2. The molecule has 7 heteroatoms. The molecule has 0 aliphatic carbocycles. The normalized spacial score (nSPS) is 15.7. The van der Waals surface area contributed by atoms with Gasteiger partial charge in [-0.15, -0.1) is 11.3 Å². The quantitative estimate of drug-likeness (QED) is 0.336. The minimum absolute atomic E-state index is 0.168. The zero-order valence-electron chi connectivity index (χ0n) is 20.3. The molecule has 2 aromatic carbocycles. The number of aromatic nitrogens is 1. The lowest BCUT2D eigenvalue weighted by atomic mass is 9.97. The maximum absolute atomic E-state index is 13.8. The zero-order chi connectivity index (χ0) is 25.2. The predicted molar refractivity (Wildman–Crippen MR) is 146 cm³/mol. The van der Waals surface area contributed by atoms with Crippen LogP contribution < -0.4 is 14.9 Å². The van der Waals surface area contributed by atoms with Gasteiger partial charge in [-0.3, -0.25) is 9.36 Å². The molecule has 0 radical (unpaired) electrons. The van der Waals surface area contributed by atoms with Gasteiger partial charge in [-0.2, -0.15) is 0 Å². The summed E-state index contributed by atoms with van der Waals surface area (Å²) in [6.45, 7) is 6.32. The molecule has 1 aliphatic rings. The standard InChI is InChI=1S/C29H26N2O3S2/c1-4-34-28(33)24-25(21-9-6-5-7-10-21)30-29-31(26(24)22-11-8-16-35-22)27(32)23(36-29)17-19-12-14-20(15-13-19)18(2)3/h5-18,26H,4H2,1-3H3/t26-/m0/s1. The van der Waals surface area contributed by atoms with E-state index in [1.807, 2.05) is 66.1 Å². The maximum Gasteiger partial charge on any atom is 0.338 e. The second-order valence-electron chi connectivity index (χ2n) is 8.77. The Labute approximate surface area is 217 Å². The van der Waals surface area contributed by atoms with Crippen LogP contribution in [0, 0.1) is 0 Å². The summed E-state index contributed by atoms with van der Waals surface area (Å²) in [7, 11) is 0. The van der Waals surface area contributed by atoms with E-state index < -0.39 is 12.0 Å². The molecule has 182 valence electrons. The highest BCUT2D eigenvalue weighted by Gasteiger charge is 2.35. The first-order valence-corrected chi connectivity index (χ1v) is 13.6. The zero-order valence-corrected chi connectivity index (χ0v) is 21.9. The van der Waals surface area contributed by atoms with Gasteiger partial charge in [0.1, 0.15) is 6.04 Å². The van der Waals surface area contributed by atoms with Crippen LogP contribution in [0.15, 0.2) is 87.5 Å². The summed E-state index contributed by atoms with van der Waals surface area (Å²) in [6, 6.07) is 21.1. The average molecular weight is 515 g/mol. The molecule has 1 atom stereocenters. The van der Waals surface area contributed by atoms with Crippen molar-refractivity contribution in [1.82, 2.24) is 4.57 Å². The fourth-order valence-electron chi connectivity index (χ4n) is 4.28. The van der Waals surface area contributed by atoms with Crippen molar-refractivity contribution in [2.24, 2.45) is 4.99 Å². The molecule has 4 aromatic rings. The van der Waals surface area contributed by atoms with Gasteiger partial charge in [0.25, 0.3) is 5.56 Å². The minimum Gasteiger partial charge on any atom is -0.463 e. The Balaban J connectivity index is 1.76. The van der Waals surface area contributed by atoms with Crippen LogP contribution in [0.3, 0.4) is 0 Å². The van der Waals surface area contributed by atoms with E-state index in [1.54, 1.807) is 11.5 Å². The van der Waals surface area contributed by atoms with Crippen molar-refractivity contribution in [1.29, 1.82) is 0 Å². The Morgan fingerprint density at radius 2 is 1.83 bits per heavy atom. The molecule has 1 aliphatic heterocycles. The molecule has 5 nitrogen and oxygen atoms in total. The number of ether oxygens (including phenoxy) is 1. The largest absolute Gasteiger partial charge is 0.463 e. The number of hydrogen-bond acceptors (Lipinski definition) is 6. The van der Waals surface area contributed by atoms with Gasteiger partial charge in [0.15, 0.2) is 4.80 Å². The lowest BCUT2D eigenvalue weighted by molar-refractivity contribution is -0.138. The summed E-state index contributed by atoms with van der Waals surface area (Å²) in [6.07, 6.45) is 1.90. The van der Waals surface area contributed by atoms with Gasteiger partial charge in [-0.25, -0.2) is 9.79 Å². The van der Waals surface area contributed by atoms with Crippen LogP contribution in [-0.4, -0.2) is 17.1 Å². The van der Waals surface area contributed by atoms with Crippen LogP contribution in [0.1, 0.15) is 54.3 Å². The van der Waals surface area contributed by atoms with E-state index in [2.05, 4.69) is 26.0 Å². The van der Waals surface area contributed by atoms with Gasteiger partial charge in [0.05, 0.1) is 22.4 Å². The van der Waals surface area contributed by atoms with E-state index in [1.165, 1.54) is 28.2 Å².